The van der Waals surface area contributed by atoms with Gasteiger partial charge in [0.25, 0.3) is 5.91 Å². The number of carbonyl (C=O) groups is 1. The van der Waals surface area contributed by atoms with Gasteiger partial charge in [0.1, 0.15) is 11.6 Å². The number of nitrogens with zero attached hydrogens (tertiary/aromatic N) is 2. The Morgan fingerprint density at radius 3 is 2.44 bits per heavy atom. The molecule has 0 radical (unpaired) electrons. The van der Waals surface area contributed by atoms with Crippen molar-refractivity contribution in [1.29, 1.82) is 0 Å². The van der Waals surface area contributed by atoms with Crippen molar-refractivity contribution in [2.24, 2.45) is 16.6 Å². The summed E-state index contributed by atoms with van der Waals surface area (Å²) in [7, 11) is 1.44. The number of benzene rings is 2. The third-order valence-electron chi connectivity index (χ3n) is 5.42. The molecule has 3 rings (SSSR count). The van der Waals surface area contributed by atoms with Crippen LogP contribution in [-0.2, 0) is 16.8 Å². The number of alkyl halides is 3. The second-order valence-corrected chi connectivity index (χ2v) is 8.28. The zero-order chi connectivity index (χ0) is 25.0. The molecule has 0 spiro atoms. The number of rotatable bonds is 7. The molecule has 1 aliphatic heterocycles. The lowest BCUT2D eigenvalue weighted by Crippen LogP contribution is -2.41. The number of hydrogen-bond acceptors (Lipinski definition) is 4. The van der Waals surface area contributed by atoms with Crippen molar-refractivity contribution in [2.45, 2.75) is 38.8 Å². The largest absolute Gasteiger partial charge is 0.435 e. The third-order valence-corrected chi connectivity index (χ3v) is 5.42. The Labute approximate surface area is 195 Å². The van der Waals surface area contributed by atoms with Gasteiger partial charge in [-0.1, -0.05) is 37.8 Å². The summed E-state index contributed by atoms with van der Waals surface area (Å²) in [5.41, 5.74) is 4.99. The zero-order valence-corrected chi connectivity index (χ0v) is 19.0. The highest BCUT2D eigenvalue weighted by Crippen LogP contribution is 2.41. The van der Waals surface area contributed by atoms with Gasteiger partial charge in [-0.25, -0.2) is 9.38 Å². The molecule has 2 aromatic rings. The van der Waals surface area contributed by atoms with Crippen LogP contribution in [0.4, 0.5) is 17.6 Å². The van der Waals surface area contributed by atoms with E-state index in [4.69, 9.17) is 5.73 Å². The number of hydrogen-bond donors (Lipinski definition) is 1. The van der Waals surface area contributed by atoms with Crippen molar-refractivity contribution < 1.29 is 27.1 Å². The van der Waals surface area contributed by atoms with Crippen LogP contribution in [0.15, 0.2) is 41.4 Å². The molecule has 0 aromatic heterocycles. The first-order valence-electron chi connectivity index (χ1n) is 10.7. The van der Waals surface area contributed by atoms with E-state index < -0.39 is 30.5 Å². The van der Waals surface area contributed by atoms with Crippen molar-refractivity contribution in [3.05, 3.63) is 64.5 Å². The SMILES string of the molecule is CC(C)CC#Cc1cc(C2(c3ccc(OC(F)F)c(CCF)c3)N=C(N)N(C)C2=O)ccc1F. The van der Waals surface area contributed by atoms with Crippen molar-refractivity contribution in [1.82, 2.24) is 4.90 Å². The first kappa shape index (κ1) is 25.1. The predicted octanol–water partition coefficient (Wildman–Crippen LogP) is 4.37. The number of aryl methyl sites for hydroxylation is 1. The first-order chi connectivity index (χ1) is 16.1. The van der Waals surface area contributed by atoms with Gasteiger partial charge in [-0.2, -0.15) is 8.78 Å². The highest BCUT2D eigenvalue weighted by atomic mass is 19.3. The highest BCUT2D eigenvalue weighted by Gasteiger charge is 2.50. The molecule has 0 bridgehead atoms. The van der Waals surface area contributed by atoms with Crippen LogP contribution >= 0.6 is 0 Å². The van der Waals surface area contributed by atoms with Crippen molar-refractivity contribution in [3.8, 4) is 17.6 Å². The predicted molar refractivity (Wildman–Crippen MR) is 121 cm³/mol. The van der Waals surface area contributed by atoms with E-state index in [2.05, 4.69) is 21.6 Å². The fourth-order valence-electron chi connectivity index (χ4n) is 3.69. The average molecular weight is 475 g/mol. The van der Waals surface area contributed by atoms with Gasteiger partial charge in [0.2, 0.25) is 0 Å². The molecule has 5 nitrogen and oxygen atoms in total. The summed E-state index contributed by atoms with van der Waals surface area (Å²) in [5, 5.41) is 0. The molecule has 1 atom stereocenters. The fourth-order valence-corrected chi connectivity index (χ4v) is 3.69. The van der Waals surface area contributed by atoms with Crippen LogP contribution in [0.1, 0.15) is 42.5 Å². The summed E-state index contributed by atoms with van der Waals surface area (Å²) in [6.07, 6.45) is 0.338. The van der Waals surface area contributed by atoms with Gasteiger partial charge in [0.05, 0.1) is 12.2 Å². The Hall–Kier alpha value is -3.54. The maximum absolute atomic E-state index is 14.5. The van der Waals surface area contributed by atoms with E-state index in [1.54, 1.807) is 0 Å². The number of halogens is 4. The Balaban J connectivity index is 2.22. The highest BCUT2D eigenvalue weighted by molar-refractivity contribution is 6.09. The number of ether oxygens (including phenoxy) is 1. The lowest BCUT2D eigenvalue weighted by atomic mass is 9.81. The number of guanidine groups is 1. The number of carbonyl (C=O) groups excluding carboxylic acids is 1. The van der Waals surface area contributed by atoms with E-state index in [-0.39, 0.29) is 40.4 Å². The van der Waals surface area contributed by atoms with Crippen LogP contribution in [0, 0.1) is 23.6 Å². The van der Waals surface area contributed by atoms with Crippen LogP contribution in [-0.4, -0.2) is 37.1 Å². The van der Waals surface area contributed by atoms with Gasteiger partial charge in [-0.3, -0.25) is 14.1 Å². The van der Waals surface area contributed by atoms with Gasteiger partial charge < -0.3 is 10.5 Å². The third kappa shape index (κ3) is 4.86. The Bertz CT molecular complexity index is 1170. The molecule has 0 fully saturated rings. The number of likely N-dealkylation sites (N-methyl/N-ethyl adjacent to an activating group) is 1. The molecule has 34 heavy (non-hydrogen) atoms. The van der Waals surface area contributed by atoms with Gasteiger partial charge in [-0.05, 0) is 46.9 Å². The first-order valence-corrected chi connectivity index (χ1v) is 10.7. The molecule has 0 saturated heterocycles. The molecule has 9 heteroatoms. The quantitative estimate of drug-likeness (QED) is 0.478. The molecular formula is C25H25F4N3O2. The Kier molecular flexibility index (Phi) is 7.50. The fraction of sp³-hybridized carbons (Fsp3) is 0.360. The summed E-state index contributed by atoms with van der Waals surface area (Å²) in [4.78, 5) is 19.0. The number of aliphatic imine (C=N–C) groups is 1. The summed E-state index contributed by atoms with van der Waals surface area (Å²) in [5.74, 6) is 4.62. The lowest BCUT2D eigenvalue weighted by molar-refractivity contribution is -0.129. The lowest BCUT2D eigenvalue weighted by Gasteiger charge is -2.27. The maximum atomic E-state index is 14.5. The molecule has 1 unspecified atom stereocenters. The van der Waals surface area contributed by atoms with E-state index in [0.29, 0.717) is 12.3 Å². The summed E-state index contributed by atoms with van der Waals surface area (Å²) in [6.45, 7) is 0.0334. The van der Waals surface area contributed by atoms with Gasteiger partial charge >= 0.3 is 6.61 Å². The van der Waals surface area contributed by atoms with Gasteiger partial charge in [0, 0.05) is 19.9 Å². The molecular weight excluding hydrogens is 450 g/mol. The maximum Gasteiger partial charge on any atom is 0.387 e. The van der Waals surface area contributed by atoms with Crippen LogP contribution in [0.3, 0.4) is 0 Å². The van der Waals surface area contributed by atoms with Crippen LogP contribution in [0.5, 0.6) is 5.75 Å². The van der Waals surface area contributed by atoms with Crippen molar-refractivity contribution in [2.75, 3.05) is 13.7 Å². The second-order valence-electron chi connectivity index (χ2n) is 8.28. The molecule has 1 amide bonds. The second kappa shape index (κ2) is 10.2. The molecule has 1 heterocycles. The molecule has 0 saturated carbocycles. The topological polar surface area (TPSA) is 67.9 Å². The average Bonchev–Trinajstić information content (AvgIpc) is 3.00. The Morgan fingerprint density at radius 1 is 1.18 bits per heavy atom. The van der Waals surface area contributed by atoms with Crippen LogP contribution in [0.25, 0.3) is 0 Å². The monoisotopic (exact) mass is 475 g/mol. The number of amides is 1. The Morgan fingerprint density at radius 2 is 1.85 bits per heavy atom. The summed E-state index contributed by atoms with van der Waals surface area (Å²) in [6, 6.07) is 8.02. The standard InChI is InChI=1S/C25H25F4N3O2/c1-15(2)5-4-6-16-13-18(7-9-20(16)27)25(22(33)32(3)24(30)31-25)19-8-10-21(34-23(28)29)17(14-19)11-12-26/h7-10,13-15,23H,5,11-12H2,1-3H3,(H2,30,31). The minimum Gasteiger partial charge on any atom is -0.435 e. The number of nitrogens with two attached hydrogens (primary N) is 1. The normalized spacial score (nSPS) is 17.7. The minimum absolute atomic E-state index is 0.0790. The summed E-state index contributed by atoms with van der Waals surface area (Å²) >= 11 is 0. The van der Waals surface area contributed by atoms with E-state index in [0.717, 1.165) is 4.90 Å². The van der Waals surface area contributed by atoms with Gasteiger partial charge in [0.15, 0.2) is 11.5 Å². The molecule has 2 aromatic carbocycles. The van der Waals surface area contributed by atoms with Crippen molar-refractivity contribution in [3.63, 3.8) is 0 Å². The zero-order valence-electron chi connectivity index (χ0n) is 19.0. The van der Waals surface area contributed by atoms with E-state index in [1.807, 2.05) is 13.8 Å². The van der Waals surface area contributed by atoms with E-state index >= 15 is 0 Å². The molecule has 1 aliphatic rings. The molecule has 2 N–H and O–H groups in total. The van der Waals surface area contributed by atoms with Crippen molar-refractivity contribution >= 4 is 11.9 Å². The van der Waals surface area contributed by atoms with Crippen LogP contribution < -0.4 is 10.5 Å². The molecule has 180 valence electrons. The van der Waals surface area contributed by atoms with E-state index in [9.17, 15) is 22.4 Å². The van der Waals surface area contributed by atoms with Gasteiger partial charge in [-0.15, -0.1) is 0 Å². The van der Waals surface area contributed by atoms with Crippen LogP contribution in [0.2, 0.25) is 0 Å². The van der Waals surface area contributed by atoms with E-state index in [1.165, 1.54) is 43.4 Å². The molecule has 0 aliphatic carbocycles. The summed E-state index contributed by atoms with van der Waals surface area (Å²) < 4.78 is 57.8. The smallest absolute Gasteiger partial charge is 0.387 e. The minimum atomic E-state index is -3.10.